The molecule has 0 fully saturated rings. The monoisotopic (exact) mass is 428 g/mol. The second-order valence-corrected chi connectivity index (χ2v) is 7.57. The van der Waals surface area contributed by atoms with Gasteiger partial charge in [0, 0.05) is 34.1 Å². The van der Waals surface area contributed by atoms with Crippen LogP contribution in [0.5, 0.6) is 0 Å². The molecule has 0 aliphatic rings. The Labute approximate surface area is 177 Å². The predicted octanol–water partition coefficient (Wildman–Crippen LogP) is 5.52. The van der Waals surface area contributed by atoms with E-state index >= 15 is 0 Å². The summed E-state index contributed by atoms with van der Waals surface area (Å²) in [5.74, 6) is 0.277. The van der Waals surface area contributed by atoms with Crippen molar-refractivity contribution >= 4 is 40.1 Å². The number of H-pyrrole nitrogens is 1. The highest BCUT2D eigenvalue weighted by Gasteiger charge is 2.20. The summed E-state index contributed by atoms with van der Waals surface area (Å²) >= 11 is 12.3. The minimum Gasteiger partial charge on any atom is -0.480 e. The van der Waals surface area contributed by atoms with E-state index in [1.807, 2.05) is 30.5 Å². The molecule has 2 heterocycles. The van der Waals surface area contributed by atoms with Crippen molar-refractivity contribution in [2.24, 2.45) is 0 Å². The molecular weight excluding hydrogens is 411 g/mol. The maximum atomic E-state index is 11.8. The molecule has 5 nitrogen and oxygen atoms in total. The van der Waals surface area contributed by atoms with Gasteiger partial charge in [0.15, 0.2) is 0 Å². The lowest BCUT2D eigenvalue weighted by Crippen LogP contribution is -2.37. The van der Waals surface area contributed by atoms with E-state index < -0.39 is 12.0 Å². The number of carboxylic acid groups (broad SMARTS) is 1. The number of hydrogen-bond acceptors (Lipinski definition) is 3. The summed E-state index contributed by atoms with van der Waals surface area (Å²) in [7, 11) is 0. The van der Waals surface area contributed by atoms with Crippen molar-refractivity contribution in [2.75, 3.05) is 0 Å². The van der Waals surface area contributed by atoms with E-state index in [-0.39, 0.29) is 6.54 Å². The molecule has 0 aliphatic heterocycles. The number of carboxylic acids is 1. The Morgan fingerprint density at radius 3 is 2.79 bits per heavy atom. The molecule has 0 amide bonds. The molecule has 0 saturated carbocycles. The maximum absolute atomic E-state index is 11.8. The molecule has 0 bridgehead atoms. The first-order chi connectivity index (χ1) is 14.0. The Kier molecular flexibility index (Phi) is 5.62. The van der Waals surface area contributed by atoms with E-state index in [2.05, 4.69) is 10.3 Å². The van der Waals surface area contributed by atoms with Crippen LogP contribution >= 0.6 is 23.2 Å². The van der Waals surface area contributed by atoms with Crippen LogP contribution in [-0.2, 0) is 17.8 Å². The number of fused-ring (bicyclic) bond motifs is 1. The fourth-order valence-corrected chi connectivity index (χ4v) is 3.68. The lowest BCUT2D eigenvalue weighted by Gasteiger charge is -2.13. The number of nitrogens with one attached hydrogen (secondary N) is 2. The highest BCUT2D eigenvalue weighted by molar-refractivity contribution is 6.35. The average Bonchev–Trinajstić information content (AvgIpc) is 3.34. The summed E-state index contributed by atoms with van der Waals surface area (Å²) in [6.07, 6.45) is 2.21. The van der Waals surface area contributed by atoms with Gasteiger partial charge in [-0.1, -0.05) is 41.4 Å². The van der Waals surface area contributed by atoms with Crippen LogP contribution in [0.4, 0.5) is 0 Å². The van der Waals surface area contributed by atoms with Gasteiger partial charge in [-0.3, -0.25) is 10.1 Å². The van der Waals surface area contributed by atoms with Gasteiger partial charge < -0.3 is 14.5 Å². The highest BCUT2D eigenvalue weighted by atomic mass is 35.5. The van der Waals surface area contributed by atoms with Crippen LogP contribution in [0.15, 0.2) is 65.2 Å². The topological polar surface area (TPSA) is 78.3 Å². The van der Waals surface area contributed by atoms with E-state index in [4.69, 9.17) is 27.6 Å². The van der Waals surface area contributed by atoms with Crippen molar-refractivity contribution in [1.29, 1.82) is 0 Å². The van der Waals surface area contributed by atoms with Crippen LogP contribution in [0, 0.1) is 0 Å². The predicted molar refractivity (Wildman–Crippen MR) is 114 cm³/mol. The minimum absolute atomic E-state index is 0.275. The largest absolute Gasteiger partial charge is 0.480 e. The number of para-hydroxylation sites is 1. The smallest absolute Gasteiger partial charge is 0.321 e. The SMILES string of the molecule is O=C(O)C(Cc1c[nH]c2ccccc12)NCc1ccc(-c2cc(Cl)ccc2Cl)o1. The molecule has 29 heavy (non-hydrogen) atoms. The molecule has 4 rings (SSSR count). The highest BCUT2D eigenvalue weighted by Crippen LogP contribution is 2.31. The second-order valence-electron chi connectivity index (χ2n) is 6.73. The van der Waals surface area contributed by atoms with Gasteiger partial charge in [0.1, 0.15) is 17.6 Å². The van der Waals surface area contributed by atoms with Gasteiger partial charge in [0.2, 0.25) is 0 Å². The number of benzene rings is 2. The van der Waals surface area contributed by atoms with Gasteiger partial charge in [-0.05, 0) is 42.0 Å². The van der Waals surface area contributed by atoms with Crippen LogP contribution in [-0.4, -0.2) is 22.1 Å². The Hall–Kier alpha value is -2.73. The number of halogens is 2. The summed E-state index contributed by atoms with van der Waals surface area (Å²) in [5.41, 5.74) is 2.63. The number of hydrogen-bond donors (Lipinski definition) is 3. The standard InChI is InChI=1S/C22H18Cl2N2O3/c23-14-5-7-18(24)17(10-14)21-8-6-15(29-21)12-26-20(22(27)28)9-13-11-25-19-4-2-1-3-16(13)19/h1-8,10-11,20,25-26H,9,12H2,(H,27,28). The lowest BCUT2D eigenvalue weighted by atomic mass is 10.0. The van der Waals surface area contributed by atoms with Crippen molar-refractivity contribution in [2.45, 2.75) is 19.0 Å². The average molecular weight is 429 g/mol. The zero-order chi connectivity index (χ0) is 20.4. The number of aliphatic carboxylic acids is 1. The van der Waals surface area contributed by atoms with Gasteiger partial charge in [-0.2, -0.15) is 0 Å². The van der Waals surface area contributed by atoms with E-state index in [0.717, 1.165) is 16.5 Å². The van der Waals surface area contributed by atoms with Crippen LogP contribution in [0.3, 0.4) is 0 Å². The number of furan rings is 1. The molecule has 0 aliphatic carbocycles. The molecule has 7 heteroatoms. The summed E-state index contributed by atoms with van der Waals surface area (Å²) in [4.78, 5) is 14.9. The maximum Gasteiger partial charge on any atom is 0.321 e. The number of aromatic amines is 1. The number of carbonyl (C=O) groups is 1. The van der Waals surface area contributed by atoms with E-state index in [1.165, 1.54) is 0 Å². The molecule has 0 spiro atoms. The first kappa shape index (κ1) is 19.6. The molecule has 3 N–H and O–H groups in total. The van der Waals surface area contributed by atoms with Crippen LogP contribution in [0.2, 0.25) is 10.0 Å². The fourth-order valence-electron chi connectivity index (χ4n) is 3.29. The van der Waals surface area contributed by atoms with Crippen molar-refractivity contribution in [3.05, 3.63) is 82.2 Å². The van der Waals surface area contributed by atoms with Gasteiger partial charge in [0.05, 0.1) is 11.6 Å². The zero-order valence-electron chi connectivity index (χ0n) is 15.3. The molecule has 1 atom stereocenters. The van der Waals surface area contributed by atoms with Crippen LogP contribution in [0.25, 0.3) is 22.2 Å². The Morgan fingerprint density at radius 2 is 1.97 bits per heavy atom. The summed E-state index contributed by atoms with van der Waals surface area (Å²) in [5, 5.41) is 14.8. The van der Waals surface area contributed by atoms with E-state index in [9.17, 15) is 9.90 Å². The normalized spacial score (nSPS) is 12.3. The van der Waals surface area contributed by atoms with Crippen molar-refractivity contribution < 1.29 is 14.3 Å². The summed E-state index contributed by atoms with van der Waals surface area (Å²) in [6.45, 7) is 0.275. The number of aromatic nitrogens is 1. The first-order valence-electron chi connectivity index (χ1n) is 9.06. The molecule has 148 valence electrons. The zero-order valence-corrected chi connectivity index (χ0v) is 16.8. The third-order valence-electron chi connectivity index (χ3n) is 4.78. The van der Waals surface area contributed by atoms with Gasteiger partial charge >= 0.3 is 5.97 Å². The third kappa shape index (κ3) is 4.32. The van der Waals surface area contributed by atoms with Gasteiger partial charge in [-0.25, -0.2) is 0 Å². The van der Waals surface area contributed by atoms with Crippen molar-refractivity contribution in [3.63, 3.8) is 0 Å². The van der Waals surface area contributed by atoms with Crippen LogP contribution < -0.4 is 5.32 Å². The third-order valence-corrected chi connectivity index (χ3v) is 5.34. The molecule has 4 aromatic rings. The Morgan fingerprint density at radius 1 is 1.14 bits per heavy atom. The Bertz CT molecular complexity index is 1170. The molecule has 0 saturated heterocycles. The summed E-state index contributed by atoms with van der Waals surface area (Å²) < 4.78 is 5.84. The molecular formula is C22H18Cl2N2O3. The van der Waals surface area contributed by atoms with Gasteiger partial charge in [0.25, 0.3) is 0 Å². The Balaban J connectivity index is 1.47. The number of rotatable bonds is 7. The van der Waals surface area contributed by atoms with E-state index in [0.29, 0.717) is 33.6 Å². The minimum atomic E-state index is -0.917. The molecule has 0 radical (unpaired) electrons. The summed E-state index contributed by atoms with van der Waals surface area (Å²) in [6, 6.07) is 15.8. The second kappa shape index (κ2) is 8.33. The van der Waals surface area contributed by atoms with E-state index in [1.54, 1.807) is 30.3 Å². The van der Waals surface area contributed by atoms with Crippen molar-refractivity contribution in [3.8, 4) is 11.3 Å². The van der Waals surface area contributed by atoms with Crippen molar-refractivity contribution in [1.82, 2.24) is 10.3 Å². The molecule has 2 aromatic carbocycles. The quantitative estimate of drug-likeness (QED) is 0.362. The molecule has 1 unspecified atom stereocenters. The van der Waals surface area contributed by atoms with Crippen LogP contribution in [0.1, 0.15) is 11.3 Å². The fraction of sp³-hybridized carbons (Fsp3) is 0.136. The van der Waals surface area contributed by atoms with Gasteiger partial charge in [-0.15, -0.1) is 0 Å². The molecule has 2 aromatic heterocycles. The lowest BCUT2D eigenvalue weighted by molar-refractivity contribution is -0.139. The first-order valence-corrected chi connectivity index (χ1v) is 9.82.